The average Bonchev–Trinajstić information content (AvgIpc) is 3.07. The Morgan fingerprint density at radius 2 is 1.64 bits per heavy atom. The molecule has 0 N–H and O–H groups in total. The number of nitrogens with zero attached hydrogens (tertiary/aromatic N) is 2. The highest BCUT2D eigenvalue weighted by Gasteiger charge is 2.36. The van der Waals surface area contributed by atoms with E-state index >= 15 is 0 Å². The summed E-state index contributed by atoms with van der Waals surface area (Å²) >= 11 is 6.94. The summed E-state index contributed by atoms with van der Waals surface area (Å²) in [5, 5.41) is 11.4. The molecular formula is C24H17ClN2O5S. The number of carbonyl (C=O) groups is 2. The van der Waals surface area contributed by atoms with Crippen LogP contribution in [-0.4, -0.2) is 21.0 Å². The van der Waals surface area contributed by atoms with Crippen LogP contribution < -0.4 is 4.74 Å². The maximum absolute atomic E-state index is 12.8. The van der Waals surface area contributed by atoms with Crippen molar-refractivity contribution in [2.45, 2.75) is 13.2 Å². The van der Waals surface area contributed by atoms with Crippen molar-refractivity contribution in [1.82, 2.24) is 4.90 Å². The molecule has 9 heteroatoms. The van der Waals surface area contributed by atoms with E-state index in [1.807, 2.05) is 18.2 Å². The molecular weight excluding hydrogens is 464 g/mol. The molecule has 166 valence electrons. The molecule has 0 atom stereocenters. The summed E-state index contributed by atoms with van der Waals surface area (Å²) in [5.41, 5.74) is 1.76. The van der Waals surface area contributed by atoms with Crippen molar-refractivity contribution in [2.75, 3.05) is 0 Å². The number of nitro groups is 1. The first-order valence-corrected chi connectivity index (χ1v) is 11.1. The summed E-state index contributed by atoms with van der Waals surface area (Å²) in [7, 11) is 0. The summed E-state index contributed by atoms with van der Waals surface area (Å²) in [6, 6.07) is 20.6. The predicted octanol–water partition coefficient (Wildman–Crippen LogP) is 6.06. The number of rotatable bonds is 7. The van der Waals surface area contributed by atoms with Crippen molar-refractivity contribution in [3.63, 3.8) is 0 Å². The minimum Gasteiger partial charge on any atom is -0.489 e. The van der Waals surface area contributed by atoms with Crippen LogP contribution in [0.5, 0.6) is 5.75 Å². The maximum atomic E-state index is 12.8. The highest BCUT2D eigenvalue weighted by Crippen LogP contribution is 2.34. The van der Waals surface area contributed by atoms with Crippen molar-refractivity contribution >= 4 is 46.3 Å². The average molecular weight is 481 g/mol. The molecule has 0 aromatic heterocycles. The Hall–Kier alpha value is -3.62. The zero-order valence-electron chi connectivity index (χ0n) is 17.1. The Bertz CT molecular complexity index is 1260. The molecule has 1 fully saturated rings. The first-order chi connectivity index (χ1) is 15.9. The van der Waals surface area contributed by atoms with Gasteiger partial charge in [0, 0.05) is 22.2 Å². The van der Waals surface area contributed by atoms with E-state index in [0.717, 1.165) is 27.8 Å². The number of nitro benzene ring substituents is 1. The van der Waals surface area contributed by atoms with Crippen molar-refractivity contribution in [3.8, 4) is 5.75 Å². The smallest absolute Gasteiger partial charge is 0.293 e. The number of ether oxygens (including phenoxy) is 1. The van der Waals surface area contributed by atoms with Gasteiger partial charge >= 0.3 is 0 Å². The summed E-state index contributed by atoms with van der Waals surface area (Å²) < 4.78 is 5.76. The lowest BCUT2D eigenvalue weighted by Crippen LogP contribution is -2.27. The highest BCUT2D eigenvalue weighted by atomic mass is 35.5. The number of carbonyl (C=O) groups excluding carboxylic acids is 2. The van der Waals surface area contributed by atoms with Crippen molar-refractivity contribution in [1.29, 1.82) is 0 Å². The Labute approximate surface area is 198 Å². The predicted molar refractivity (Wildman–Crippen MR) is 127 cm³/mol. The van der Waals surface area contributed by atoms with Crippen LogP contribution in [0.15, 0.2) is 77.7 Å². The Kier molecular flexibility index (Phi) is 6.76. The molecule has 0 radical (unpaired) electrons. The molecule has 0 bridgehead atoms. The molecule has 7 nitrogen and oxygen atoms in total. The minimum atomic E-state index is -0.528. The number of benzene rings is 3. The van der Waals surface area contributed by atoms with Gasteiger partial charge in [-0.05, 0) is 41.6 Å². The van der Waals surface area contributed by atoms with Gasteiger partial charge in [0.25, 0.3) is 16.8 Å². The van der Waals surface area contributed by atoms with Crippen LogP contribution in [-0.2, 0) is 17.9 Å². The van der Waals surface area contributed by atoms with Gasteiger partial charge in [0.05, 0.1) is 16.4 Å². The number of hydrogen-bond acceptors (Lipinski definition) is 6. The van der Waals surface area contributed by atoms with Gasteiger partial charge in [0.2, 0.25) is 0 Å². The Balaban J connectivity index is 1.44. The van der Waals surface area contributed by atoms with Gasteiger partial charge in [-0.15, -0.1) is 0 Å². The lowest BCUT2D eigenvalue weighted by Gasteiger charge is -2.12. The van der Waals surface area contributed by atoms with Crippen LogP contribution in [0.3, 0.4) is 0 Å². The molecule has 33 heavy (non-hydrogen) atoms. The molecule has 3 aromatic rings. The topological polar surface area (TPSA) is 89.8 Å². The van der Waals surface area contributed by atoms with E-state index in [-0.39, 0.29) is 17.1 Å². The van der Waals surface area contributed by atoms with Crippen LogP contribution in [0.2, 0.25) is 5.02 Å². The van der Waals surface area contributed by atoms with Gasteiger partial charge in [-0.2, -0.15) is 0 Å². The van der Waals surface area contributed by atoms with Gasteiger partial charge in [0.15, 0.2) is 0 Å². The van der Waals surface area contributed by atoms with E-state index in [2.05, 4.69) is 0 Å². The molecule has 0 unspecified atom stereocenters. The molecule has 1 saturated heterocycles. The normalized spacial score (nSPS) is 14.7. The molecule has 1 aliphatic heterocycles. The second-order valence-corrected chi connectivity index (χ2v) is 8.50. The second kappa shape index (κ2) is 9.89. The van der Waals surface area contributed by atoms with Crippen LogP contribution in [0.4, 0.5) is 10.5 Å². The Morgan fingerprint density at radius 3 is 2.33 bits per heavy atom. The van der Waals surface area contributed by atoms with E-state index in [1.165, 1.54) is 18.2 Å². The lowest BCUT2D eigenvalue weighted by atomic mass is 10.1. The van der Waals surface area contributed by atoms with E-state index < -0.39 is 16.1 Å². The van der Waals surface area contributed by atoms with Gasteiger partial charge < -0.3 is 4.74 Å². The number of amides is 2. The van der Waals surface area contributed by atoms with Crippen LogP contribution in [0.25, 0.3) is 6.08 Å². The van der Waals surface area contributed by atoms with Crippen molar-refractivity contribution in [3.05, 3.63) is 110 Å². The first kappa shape index (κ1) is 22.6. The van der Waals surface area contributed by atoms with Crippen LogP contribution >= 0.6 is 23.4 Å². The molecule has 2 amide bonds. The van der Waals surface area contributed by atoms with Gasteiger partial charge in [-0.3, -0.25) is 24.6 Å². The van der Waals surface area contributed by atoms with E-state index in [9.17, 15) is 19.7 Å². The largest absolute Gasteiger partial charge is 0.489 e. The Morgan fingerprint density at radius 1 is 0.970 bits per heavy atom. The van der Waals surface area contributed by atoms with Gasteiger partial charge in [0.1, 0.15) is 12.4 Å². The third kappa shape index (κ3) is 5.24. The quantitative estimate of drug-likeness (QED) is 0.232. The fourth-order valence-electron chi connectivity index (χ4n) is 3.22. The summed E-state index contributed by atoms with van der Waals surface area (Å²) in [5.74, 6) is 0.152. The lowest BCUT2D eigenvalue weighted by molar-refractivity contribution is -0.385. The number of imide groups is 1. The molecule has 1 aliphatic rings. The first-order valence-electron chi connectivity index (χ1n) is 9.86. The van der Waals surface area contributed by atoms with E-state index in [4.69, 9.17) is 16.3 Å². The molecule has 0 saturated carbocycles. The van der Waals surface area contributed by atoms with Gasteiger partial charge in [-0.1, -0.05) is 60.1 Å². The molecule has 0 aliphatic carbocycles. The summed E-state index contributed by atoms with van der Waals surface area (Å²) in [6.07, 6.45) is 1.61. The zero-order chi connectivity index (χ0) is 23.4. The zero-order valence-corrected chi connectivity index (χ0v) is 18.7. The van der Waals surface area contributed by atoms with Crippen molar-refractivity contribution in [2.24, 2.45) is 0 Å². The monoisotopic (exact) mass is 480 g/mol. The minimum absolute atomic E-state index is 0.132. The molecule has 0 spiro atoms. The summed E-state index contributed by atoms with van der Waals surface area (Å²) in [6.45, 7) is 0.164. The van der Waals surface area contributed by atoms with Crippen LogP contribution in [0, 0.1) is 10.1 Å². The SMILES string of the molecule is O=C1S/C(=C/c2ccc(OCc3ccccc3Cl)cc2)C(=O)N1Cc1ccccc1[N+](=O)[O-]. The fourth-order valence-corrected chi connectivity index (χ4v) is 4.25. The number of hydrogen-bond donors (Lipinski definition) is 0. The standard InChI is InChI=1S/C24H17ClN2O5S/c25-20-7-3-1-6-18(20)15-32-19-11-9-16(10-12-19)13-22-23(28)26(24(29)33-22)14-17-5-2-4-8-21(17)27(30)31/h1-13H,14-15H2/b22-13+. The van der Waals surface area contributed by atoms with E-state index in [1.54, 1.807) is 42.5 Å². The molecule has 1 heterocycles. The third-order valence-corrected chi connectivity index (χ3v) is 6.20. The third-order valence-electron chi connectivity index (χ3n) is 4.92. The van der Waals surface area contributed by atoms with Gasteiger partial charge in [-0.25, -0.2) is 0 Å². The molecule has 3 aromatic carbocycles. The van der Waals surface area contributed by atoms with Crippen molar-refractivity contribution < 1.29 is 19.2 Å². The molecule has 4 rings (SSSR count). The highest BCUT2D eigenvalue weighted by molar-refractivity contribution is 8.18. The summed E-state index contributed by atoms with van der Waals surface area (Å²) in [4.78, 5) is 37.1. The van der Waals surface area contributed by atoms with E-state index in [0.29, 0.717) is 22.9 Å². The number of halogens is 1. The number of para-hydroxylation sites is 1. The fraction of sp³-hybridized carbons (Fsp3) is 0.0833. The van der Waals surface area contributed by atoms with Crippen LogP contribution in [0.1, 0.15) is 16.7 Å². The second-order valence-electron chi connectivity index (χ2n) is 7.10. The maximum Gasteiger partial charge on any atom is 0.293 e. The number of thioether (sulfide) groups is 1.